The predicted octanol–water partition coefficient (Wildman–Crippen LogP) is 2.31. The smallest absolute Gasteiger partial charge is 0.107 e. The van der Waals surface area contributed by atoms with Gasteiger partial charge in [-0.25, -0.2) is 4.98 Å². The summed E-state index contributed by atoms with van der Waals surface area (Å²) < 4.78 is 5.48. The van der Waals surface area contributed by atoms with E-state index in [2.05, 4.69) is 11.9 Å². The van der Waals surface area contributed by atoms with Gasteiger partial charge in [0, 0.05) is 18.5 Å². The van der Waals surface area contributed by atoms with Crippen molar-refractivity contribution < 1.29 is 4.74 Å². The number of unbranched alkanes of at least 4 members (excludes halogenated alkanes) is 2. The molecule has 1 aromatic heterocycles. The van der Waals surface area contributed by atoms with Crippen molar-refractivity contribution in [3.63, 3.8) is 0 Å². The Morgan fingerprint density at radius 1 is 1.50 bits per heavy atom. The normalized spacial score (nSPS) is 10.7. The quantitative estimate of drug-likeness (QED) is 0.708. The average Bonchev–Trinajstić information content (AvgIpc) is 2.65. The van der Waals surface area contributed by atoms with Gasteiger partial charge in [-0.15, -0.1) is 11.3 Å². The predicted molar refractivity (Wildman–Crippen MR) is 59.2 cm³/mol. The lowest BCUT2D eigenvalue weighted by Crippen LogP contribution is -1.98. The highest BCUT2D eigenvalue weighted by Gasteiger charge is 1.99. The van der Waals surface area contributed by atoms with Crippen LogP contribution in [-0.2, 0) is 17.9 Å². The van der Waals surface area contributed by atoms with Crippen LogP contribution < -0.4 is 5.73 Å². The topological polar surface area (TPSA) is 48.1 Å². The molecule has 0 aliphatic heterocycles. The molecule has 0 radical (unpaired) electrons. The molecule has 1 rings (SSSR count). The van der Waals surface area contributed by atoms with Crippen molar-refractivity contribution in [2.75, 3.05) is 6.61 Å². The van der Waals surface area contributed by atoms with E-state index in [4.69, 9.17) is 10.5 Å². The summed E-state index contributed by atoms with van der Waals surface area (Å²) in [5, 5.41) is 3.00. The summed E-state index contributed by atoms with van der Waals surface area (Å²) in [4.78, 5) is 4.32. The number of hydrogen-bond acceptors (Lipinski definition) is 4. The van der Waals surface area contributed by atoms with E-state index in [1.54, 1.807) is 11.3 Å². The van der Waals surface area contributed by atoms with Crippen molar-refractivity contribution in [1.29, 1.82) is 0 Å². The van der Waals surface area contributed by atoms with E-state index >= 15 is 0 Å². The second kappa shape index (κ2) is 6.92. The fraction of sp³-hybridized carbons (Fsp3) is 0.700. The Bertz CT molecular complexity index is 250. The Kier molecular flexibility index (Phi) is 5.75. The van der Waals surface area contributed by atoms with Gasteiger partial charge in [0.1, 0.15) is 5.01 Å². The number of hydrogen-bond donors (Lipinski definition) is 1. The summed E-state index contributed by atoms with van der Waals surface area (Å²) in [6.07, 6.45) is 3.62. The molecule has 80 valence electrons. The molecule has 0 aliphatic rings. The van der Waals surface area contributed by atoms with E-state index in [0.29, 0.717) is 13.2 Å². The molecule has 2 N–H and O–H groups in total. The van der Waals surface area contributed by atoms with Crippen molar-refractivity contribution in [2.24, 2.45) is 5.73 Å². The Balaban J connectivity index is 2.12. The van der Waals surface area contributed by atoms with Crippen LogP contribution in [-0.4, -0.2) is 11.6 Å². The van der Waals surface area contributed by atoms with Gasteiger partial charge in [-0.05, 0) is 6.42 Å². The van der Waals surface area contributed by atoms with Gasteiger partial charge in [-0.2, -0.15) is 0 Å². The second-order valence-electron chi connectivity index (χ2n) is 3.20. The lowest BCUT2D eigenvalue weighted by Gasteiger charge is -2.00. The molecule has 4 heteroatoms. The van der Waals surface area contributed by atoms with Crippen LogP contribution >= 0.6 is 11.3 Å². The third kappa shape index (κ3) is 4.17. The molecule has 0 aliphatic carbocycles. The van der Waals surface area contributed by atoms with Crippen LogP contribution in [0.4, 0.5) is 0 Å². The fourth-order valence-corrected chi connectivity index (χ4v) is 1.80. The van der Waals surface area contributed by atoms with Gasteiger partial charge >= 0.3 is 0 Å². The first-order valence-corrected chi connectivity index (χ1v) is 5.96. The number of nitrogens with zero attached hydrogens (tertiary/aromatic N) is 1. The SMILES string of the molecule is CCCCCOCc1csc(CN)n1. The summed E-state index contributed by atoms with van der Waals surface area (Å²) in [5.41, 5.74) is 6.47. The molecule has 0 bridgehead atoms. The van der Waals surface area contributed by atoms with Gasteiger partial charge in [0.15, 0.2) is 0 Å². The molecule has 0 atom stereocenters. The minimum absolute atomic E-state index is 0.528. The molecular weight excluding hydrogens is 196 g/mol. The molecule has 14 heavy (non-hydrogen) atoms. The molecule has 0 amide bonds. The van der Waals surface area contributed by atoms with E-state index in [-0.39, 0.29) is 0 Å². The Morgan fingerprint density at radius 3 is 3.00 bits per heavy atom. The fourth-order valence-electron chi connectivity index (χ4n) is 1.14. The zero-order valence-electron chi connectivity index (χ0n) is 8.66. The van der Waals surface area contributed by atoms with Crippen LogP contribution in [0.1, 0.15) is 36.9 Å². The lowest BCUT2D eigenvalue weighted by atomic mass is 10.3. The minimum Gasteiger partial charge on any atom is -0.375 e. The van der Waals surface area contributed by atoms with Crippen molar-refractivity contribution in [3.05, 3.63) is 16.1 Å². The summed E-state index contributed by atoms with van der Waals surface area (Å²) in [7, 11) is 0. The molecule has 3 nitrogen and oxygen atoms in total. The zero-order chi connectivity index (χ0) is 10.2. The van der Waals surface area contributed by atoms with Crippen LogP contribution in [0.25, 0.3) is 0 Å². The van der Waals surface area contributed by atoms with Crippen LogP contribution in [0.2, 0.25) is 0 Å². The van der Waals surface area contributed by atoms with Gasteiger partial charge in [-0.1, -0.05) is 19.8 Å². The van der Waals surface area contributed by atoms with E-state index in [9.17, 15) is 0 Å². The number of nitrogens with two attached hydrogens (primary N) is 1. The highest BCUT2D eigenvalue weighted by atomic mass is 32.1. The highest BCUT2D eigenvalue weighted by molar-refractivity contribution is 7.09. The van der Waals surface area contributed by atoms with Crippen LogP contribution in [0.3, 0.4) is 0 Å². The maximum atomic E-state index is 5.48. The molecule has 0 saturated carbocycles. The standard InChI is InChI=1S/C10H18N2OS/c1-2-3-4-5-13-7-9-8-14-10(6-11)12-9/h8H,2-7,11H2,1H3. The van der Waals surface area contributed by atoms with Crippen molar-refractivity contribution in [1.82, 2.24) is 4.98 Å². The largest absolute Gasteiger partial charge is 0.375 e. The third-order valence-corrected chi connectivity index (χ3v) is 2.84. The van der Waals surface area contributed by atoms with E-state index < -0.39 is 0 Å². The van der Waals surface area contributed by atoms with Crippen molar-refractivity contribution in [2.45, 2.75) is 39.3 Å². The van der Waals surface area contributed by atoms with Gasteiger partial charge < -0.3 is 10.5 Å². The van der Waals surface area contributed by atoms with Gasteiger partial charge in [0.2, 0.25) is 0 Å². The Hall–Kier alpha value is -0.450. The number of aromatic nitrogens is 1. The average molecular weight is 214 g/mol. The molecule has 0 aromatic carbocycles. The first-order valence-electron chi connectivity index (χ1n) is 5.08. The molecule has 0 saturated heterocycles. The second-order valence-corrected chi connectivity index (χ2v) is 4.14. The molecule has 0 spiro atoms. The van der Waals surface area contributed by atoms with Gasteiger partial charge in [0.25, 0.3) is 0 Å². The Morgan fingerprint density at radius 2 is 2.36 bits per heavy atom. The number of rotatable bonds is 7. The molecular formula is C10H18N2OS. The first-order chi connectivity index (χ1) is 6.86. The summed E-state index contributed by atoms with van der Waals surface area (Å²) in [5.74, 6) is 0. The maximum Gasteiger partial charge on any atom is 0.107 e. The van der Waals surface area contributed by atoms with Crippen molar-refractivity contribution in [3.8, 4) is 0 Å². The number of thiazole rings is 1. The number of ether oxygens (including phenoxy) is 1. The van der Waals surface area contributed by atoms with Gasteiger partial charge in [0.05, 0.1) is 12.3 Å². The Labute approximate surface area is 89.3 Å². The highest BCUT2D eigenvalue weighted by Crippen LogP contribution is 2.09. The van der Waals surface area contributed by atoms with Crippen LogP contribution in [0, 0.1) is 0 Å². The monoisotopic (exact) mass is 214 g/mol. The van der Waals surface area contributed by atoms with E-state index in [1.807, 2.05) is 5.38 Å². The van der Waals surface area contributed by atoms with Crippen LogP contribution in [0.5, 0.6) is 0 Å². The maximum absolute atomic E-state index is 5.48. The molecule has 1 heterocycles. The van der Waals surface area contributed by atoms with Gasteiger partial charge in [-0.3, -0.25) is 0 Å². The first kappa shape index (κ1) is 11.6. The zero-order valence-corrected chi connectivity index (χ0v) is 9.48. The molecule has 0 fully saturated rings. The minimum atomic E-state index is 0.528. The molecule has 0 unspecified atom stereocenters. The third-order valence-electron chi connectivity index (χ3n) is 1.92. The van der Waals surface area contributed by atoms with Crippen LogP contribution in [0.15, 0.2) is 5.38 Å². The summed E-state index contributed by atoms with van der Waals surface area (Å²) in [6.45, 7) is 4.18. The van der Waals surface area contributed by atoms with E-state index in [1.165, 1.54) is 12.8 Å². The summed E-state index contributed by atoms with van der Waals surface area (Å²) >= 11 is 1.60. The van der Waals surface area contributed by atoms with Crippen molar-refractivity contribution >= 4 is 11.3 Å². The lowest BCUT2D eigenvalue weighted by molar-refractivity contribution is 0.115. The van der Waals surface area contributed by atoms with E-state index in [0.717, 1.165) is 23.7 Å². The summed E-state index contributed by atoms with van der Waals surface area (Å²) in [6, 6.07) is 0. The molecule has 1 aromatic rings.